The van der Waals surface area contributed by atoms with Gasteiger partial charge in [-0.05, 0) is 6.42 Å². The van der Waals surface area contributed by atoms with E-state index in [-0.39, 0.29) is 11.9 Å². The highest BCUT2D eigenvalue weighted by Crippen LogP contribution is 2.18. The van der Waals surface area contributed by atoms with E-state index >= 15 is 0 Å². The van der Waals surface area contributed by atoms with Gasteiger partial charge in [-0.15, -0.1) is 0 Å². The van der Waals surface area contributed by atoms with Crippen LogP contribution < -0.4 is 5.32 Å². The van der Waals surface area contributed by atoms with E-state index < -0.39 is 6.10 Å². The van der Waals surface area contributed by atoms with Gasteiger partial charge in [-0.25, -0.2) is 0 Å². The van der Waals surface area contributed by atoms with E-state index in [1.807, 2.05) is 6.08 Å². The molecule has 1 aliphatic carbocycles. The van der Waals surface area contributed by atoms with E-state index in [1.165, 1.54) is 0 Å². The van der Waals surface area contributed by atoms with E-state index in [4.69, 9.17) is 0 Å². The number of nitrogens with zero attached hydrogens (tertiary/aromatic N) is 1. The van der Waals surface area contributed by atoms with Crippen LogP contribution in [-0.4, -0.2) is 47.7 Å². The normalized spacial score (nSPS) is 34.2. The molecule has 4 heteroatoms. The molecule has 2 aliphatic rings. The lowest BCUT2D eigenvalue weighted by Gasteiger charge is -2.34. The van der Waals surface area contributed by atoms with Gasteiger partial charge in [-0.2, -0.15) is 0 Å². The third kappa shape index (κ3) is 1.59. The first kappa shape index (κ1) is 8.72. The van der Waals surface area contributed by atoms with Gasteiger partial charge in [-0.3, -0.25) is 4.79 Å². The zero-order valence-electron chi connectivity index (χ0n) is 7.44. The predicted molar refractivity (Wildman–Crippen MR) is 48.1 cm³/mol. The van der Waals surface area contributed by atoms with Gasteiger partial charge in [0.25, 0.3) is 0 Å². The fourth-order valence-electron chi connectivity index (χ4n) is 1.91. The molecular weight excluding hydrogens is 168 g/mol. The molecule has 13 heavy (non-hydrogen) atoms. The Balaban J connectivity index is 2.02. The Morgan fingerprint density at radius 3 is 3.08 bits per heavy atom. The highest BCUT2D eigenvalue weighted by molar-refractivity contribution is 5.79. The molecule has 1 aliphatic heterocycles. The van der Waals surface area contributed by atoms with Crippen LogP contribution >= 0.6 is 0 Å². The number of carbonyl (C=O) groups excluding carboxylic acids is 1. The van der Waals surface area contributed by atoms with Crippen LogP contribution in [0.5, 0.6) is 0 Å². The summed E-state index contributed by atoms with van der Waals surface area (Å²) >= 11 is 0. The molecule has 0 spiro atoms. The van der Waals surface area contributed by atoms with E-state index in [0.717, 1.165) is 13.0 Å². The minimum absolute atomic E-state index is 0.0189. The topological polar surface area (TPSA) is 52.6 Å². The largest absolute Gasteiger partial charge is 0.387 e. The molecule has 0 aromatic carbocycles. The Bertz CT molecular complexity index is 240. The molecule has 1 fully saturated rings. The first-order chi connectivity index (χ1) is 6.29. The van der Waals surface area contributed by atoms with Gasteiger partial charge in [0, 0.05) is 13.1 Å². The van der Waals surface area contributed by atoms with Crippen molar-refractivity contribution in [2.24, 2.45) is 0 Å². The molecule has 4 nitrogen and oxygen atoms in total. The molecule has 0 aromatic heterocycles. The Labute approximate surface area is 77.2 Å². The number of aliphatic hydroxyl groups is 1. The van der Waals surface area contributed by atoms with Crippen molar-refractivity contribution >= 4 is 5.91 Å². The zero-order chi connectivity index (χ0) is 9.26. The maximum atomic E-state index is 11.5. The Hall–Kier alpha value is -0.870. The smallest absolute Gasteiger partial charge is 0.236 e. The van der Waals surface area contributed by atoms with Gasteiger partial charge < -0.3 is 15.3 Å². The lowest BCUT2D eigenvalue weighted by Crippen LogP contribution is -2.54. The Morgan fingerprint density at radius 2 is 2.46 bits per heavy atom. The van der Waals surface area contributed by atoms with Crippen molar-refractivity contribution < 1.29 is 9.90 Å². The van der Waals surface area contributed by atoms with Crippen LogP contribution in [0.4, 0.5) is 0 Å². The van der Waals surface area contributed by atoms with E-state index in [1.54, 1.807) is 11.0 Å². The van der Waals surface area contributed by atoms with Crippen molar-refractivity contribution in [2.45, 2.75) is 18.6 Å². The number of amides is 1. The summed E-state index contributed by atoms with van der Waals surface area (Å²) in [5, 5.41) is 12.6. The quantitative estimate of drug-likeness (QED) is 0.517. The molecule has 1 heterocycles. The highest BCUT2D eigenvalue weighted by Gasteiger charge is 2.31. The summed E-state index contributed by atoms with van der Waals surface area (Å²) in [4.78, 5) is 13.2. The number of rotatable bonds is 1. The number of piperazine rings is 1. The van der Waals surface area contributed by atoms with Crippen LogP contribution in [0.3, 0.4) is 0 Å². The van der Waals surface area contributed by atoms with Crippen molar-refractivity contribution in [2.75, 3.05) is 19.6 Å². The van der Waals surface area contributed by atoms with Crippen molar-refractivity contribution in [1.82, 2.24) is 10.2 Å². The summed E-state index contributed by atoms with van der Waals surface area (Å²) in [5.74, 6) is 0.0963. The zero-order valence-corrected chi connectivity index (χ0v) is 7.44. The minimum Gasteiger partial charge on any atom is -0.387 e. The third-order valence-electron chi connectivity index (χ3n) is 2.63. The molecular formula is C9H14N2O2. The molecule has 2 N–H and O–H groups in total. The van der Waals surface area contributed by atoms with E-state index in [2.05, 4.69) is 5.32 Å². The number of carbonyl (C=O) groups is 1. The monoisotopic (exact) mass is 182 g/mol. The maximum absolute atomic E-state index is 11.5. The van der Waals surface area contributed by atoms with Gasteiger partial charge in [-0.1, -0.05) is 12.2 Å². The number of aliphatic hydroxyl groups excluding tert-OH is 1. The van der Waals surface area contributed by atoms with Gasteiger partial charge in [0.1, 0.15) is 0 Å². The SMILES string of the molecule is O=C1CNCCN1[C@H]1CC=C[C@H]1O. The lowest BCUT2D eigenvalue weighted by molar-refractivity contribution is -0.136. The number of nitrogens with one attached hydrogen (secondary N) is 1. The summed E-state index contributed by atoms with van der Waals surface area (Å²) in [6, 6.07) is -0.0189. The lowest BCUT2D eigenvalue weighted by atomic mass is 10.1. The minimum atomic E-state index is -0.470. The standard InChI is InChI=1S/C9H14N2O2/c12-8-3-1-2-7(8)11-5-4-10-6-9(11)13/h1,3,7-8,10,12H,2,4-6H2/t7-,8+/m0/s1. The number of hydrogen-bond donors (Lipinski definition) is 2. The van der Waals surface area contributed by atoms with Crippen molar-refractivity contribution in [3.05, 3.63) is 12.2 Å². The van der Waals surface area contributed by atoms with Crippen molar-refractivity contribution in [3.8, 4) is 0 Å². The maximum Gasteiger partial charge on any atom is 0.236 e. The molecule has 0 unspecified atom stereocenters. The molecule has 1 saturated heterocycles. The molecule has 1 amide bonds. The van der Waals surface area contributed by atoms with Gasteiger partial charge in [0.2, 0.25) is 5.91 Å². The van der Waals surface area contributed by atoms with Gasteiger partial charge in [0.15, 0.2) is 0 Å². The van der Waals surface area contributed by atoms with Gasteiger partial charge >= 0.3 is 0 Å². The second-order valence-corrected chi connectivity index (χ2v) is 3.49. The summed E-state index contributed by atoms with van der Waals surface area (Å²) < 4.78 is 0. The van der Waals surface area contributed by atoms with Crippen LogP contribution in [-0.2, 0) is 4.79 Å². The van der Waals surface area contributed by atoms with Crippen LogP contribution in [0, 0.1) is 0 Å². The fourth-order valence-corrected chi connectivity index (χ4v) is 1.91. The molecule has 0 saturated carbocycles. The predicted octanol–water partition coefficient (Wildman–Crippen LogP) is -0.892. The summed E-state index contributed by atoms with van der Waals surface area (Å²) in [6.45, 7) is 1.94. The summed E-state index contributed by atoms with van der Waals surface area (Å²) in [5.41, 5.74) is 0. The number of hydrogen-bond acceptors (Lipinski definition) is 3. The van der Waals surface area contributed by atoms with E-state index in [0.29, 0.717) is 13.1 Å². The second kappa shape index (κ2) is 3.47. The molecule has 72 valence electrons. The van der Waals surface area contributed by atoms with Crippen molar-refractivity contribution in [3.63, 3.8) is 0 Å². The average molecular weight is 182 g/mol. The molecule has 2 rings (SSSR count). The van der Waals surface area contributed by atoms with E-state index in [9.17, 15) is 9.90 Å². The molecule has 0 radical (unpaired) electrons. The van der Waals surface area contributed by atoms with Crippen LogP contribution in [0.2, 0.25) is 0 Å². The highest BCUT2D eigenvalue weighted by atomic mass is 16.3. The Kier molecular flexibility index (Phi) is 2.33. The molecule has 2 atom stereocenters. The average Bonchev–Trinajstić information content (AvgIpc) is 2.52. The summed E-state index contributed by atoms with van der Waals surface area (Å²) in [7, 11) is 0. The van der Waals surface area contributed by atoms with Crippen LogP contribution in [0.25, 0.3) is 0 Å². The summed E-state index contributed by atoms with van der Waals surface area (Å²) in [6.07, 6.45) is 4.01. The van der Waals surface area contributed by atoms with Crippen molar-refractivity contribution in [1.29, 1.82) is 0 Å². The van der Waals surface area contributed by atoms with Crippen LogP contribution in [0.15, 0.2) is 12.2 Å². The first-order valence-corrected chi connectivity index (χ1v) is 4.64. The third-order valence-corrected chi connectivity index (χ3v) is 2.63. The molecule has 0 aromatic rings. The Morgan fingerprint density at radius 1 is 1.62 bits per heavy atom. The second-order valence-electron chi connectivity index (χ2n) is 3.49. The first-order valence-electron chi connectivity index (χ1n) is 4.64. The molecule has 0 bridgehead atoms. The van der Waals surface area contributed by atoms with Gasteiger partial charge in [0.05, 0.1) is 18.7 Å². The fraction of sp³-hybridized carbons (Fsp3) is 0.667. The van der Waals surface area contributed by atoms with Crippen LogP contribution in [0.1, 0.15) is 6.42 Å².